The predicted molar refractivity (Wildman–Crippen MR) is 101 cm³/mol. The van der Waals surface area contributed by atoms with E-state index in [1.54, 1.807) is 18.3 Å². The van der Waals surface area contributed by atoms with E-state index in [0.717, 1.165) is 55.2 Å². The lowest BCUT2D eigenvalue weighted by atomic mass is 10.1. The number of pyridine rings is 1. The third kappa shape index (κ3) is 4.57. The Bertz CT molecular complexity index is 755. The largest absolute Gasteiger partial charge is 0.322 e. The van der Waals surface area contributed by atoms with Crippen molar-refractivity contribution in [3.63, 3.8) is 0 Å². The van der Waals surface area contributed by atoms with E-state index in [1.807, 2.05) is 26.0 Å². The highest BCUT2D eigenvalue weighted by molar-refractivity contribution is 6.31. The zero-order valence-electron chi connectivity index (χ0n) is 14.6. The van der Waals surface area contributed by atoms with Gasteiger partial charge in [-0.05, 0) is 49.2 Å². The molecule has 5 nitrogen and oxygen atoms in total. The third-order valence-corrected chi connectivity index (χ3v) is 4.72. The summed E-state index contributed by atoms with van der Waals surface area (Å²) in [5.41, 5.74) is 4.37. The van der Waals surface area contributed by atoms with Crippen molar-refractivity contribution in [3.05, 3.63) is 57.9 Å². The van der Waals surface area contributed by atoms with Crippen molar-refractivity contribution >= 4 is 23.2 Å². The molecule has 1 aromatic heterocycles. The van der Waals surface area contributed by atoms with Crippen LogP contribution in [0.3, 0.4) is 0 Å². The van der Waals surface area contributed by atoms with Gasteiger partial charge in [0.05, 0.1) is 5.56 Å². The summed E-state index contributed by atoms with van der Waals surface area (Å²) < 4.78 is 0. The summed E-state index contributed by atoms with van der Waals surface area (Å²) in [6.07, 6.45) is 1.59. The Morgan fingerprint density at radius 3 is 2.72 bits per heavy atom. The van der Waals surface area contributed by atoms with Gasteiger partial charge in [-0.3, -0.25) is 14.7 Å². The van der Waals surface area contributed by atoms with E-state index in [1.165, 1.54) is 0 Å². The first kappa shape index (κ1) is 17.9. The molecule has 1 amide bonds. The quantitative estimate of drug-likeness (QED) is 0.882. The summed E-state index contributed by atoms with van der Waals surface area (Å²) in [6.45, 7) is 8.80. The predicted octanol–water partition coefficient (Wildman–Crippen LogP) is 3.01. The Balaban J connectivity index is 1.78. The first-order chi connectivity index (χ1) is 12.0. The number of hydrogen-bond acceptors (Lipinski definition) is 4. The van der Waals surface area contributed by atoms with E-state index in [2.05, 4.69) is 20.5 Å². The molecular formula is C19H23ClN4O. The average Bonchev–Trinajstić information content (AvgIpc) is 2.60. The molecular weight excluding hydrogens is 336 g/mol. The molecule has 0 saturated carbocycles. The summed E-state index contributed by atoms with van der Waals surface area (Å²) in [5, 5.41) is 6.96. The van der Waals surface area contributed by atoms with E-state index >= 15 is 0 Å². The second-order valence-electron chi connectivity index (χ2n) is 6.41. The molecule has 3 rings (SSSR count). The van der Waals surface area contributed by atoms with E-state index in [-0.39, 0.29) is 5.91 Å². The van der Waals surface area contributed by atoms with Crippen molar-refractivity contribution in [2.45, 2.75) is 20.4 Å². The van der Waals surface area contributed by atoms with Crippen molar-refractivity contribution < 1.29 is 4.79 Å². The molecule has 1 fully saturated rings. The zero-order chi connectivity index (χ0) is 17.8. The summed E-state index contributed by atoms with van der Waals surface area (Å²) >= 11 is 6.30. The lowest BCUT2D eigenvalue weighted by molar-refractivity contribution is 0.102. The number of carbonyl (C=O) groups is 1. The number of benzene rings is 1. The summed E-state index contributed by atoms with van der Waals surface area (Å²) in [7, 11) is 0. The maximum atomic E-state index is 12.5. The number of nitrogens with one attached hydrogen (secondary N) is 2. The molecule has 0 bridgehead atoms. The van der Waals surface area contributed by atoms with Gasteiger partial charge in [0, 0.05) is 55.3 Å². The average molecular weight is 359 g/mol. The van der Waals surface area contributed by atoms with Crippen LogP contribution in [0.15, 0.2) is 30.5 Å². The summed E-state index contributed by atoms with van der Waals surface area (Å²) in [4.78, 5) is 19.0. The van der Waals surface area contributed by atoms with Gasteiger partial charge in [-0.1, -0.05) is 11.6 Å². The van der Waals surface area contributed by atoms with Gasteiger partial charge < -0.3 is 10.6 Å². The number of aromatic nitrogens is 1. The van der Waals surface area contributed by atoms with Gasteiger partial charge in [0.15, 0.2) is 0 Å². The van der Waals surface area contributed by atoms with E-state index < -0.39 is 0 Å². The topological polar surface area (TPSA) is 57.3 Å². The Kier molecular flexibility index (Phi) is 5.68. The van der Waals surface area contributed by atoms with Crippen LogP contribution in [-0.4, -0.2) is 42.0 Å². The molecule has 0 atom stereocenters. The van der Waals surface area contributed by atoms with E-state index in [0.29, 0.717) is 10.6 Å². The minimum Gasteiger partial charge on any atom is -0.322 e. The van der Waals surface area contributed by atoms with Crippen LogP contribution in [0.25, 0.3) is 0 Å². The van der Waals surface area contributed by atoms with Crippen LogP contribution in [-0.2, 0) is 6.54 Å². The molecule has 2 heterocycles. The minimum atomic E-state index is -0.175. The SMILES string of the molecule is Cc1ccc(C(=O)Nc2cc(Cl)cc(CN3CCNCC3)c2C)cn1. The molecule has 25 heavy (non-hydrogen) atoms. The monoisotopic (exact) mass is 358 g/mol. The number of anilines is 1. The molecule has 0 unspecified atom stereocenters. The fraction of sp³-hybridized carbons (Fsp3) is 0.368. The van der Waals surface area contributed by atoms with Crippen LogP contribution in [0.4, 0.5) is 5.69 Å². The van der Waals surface area contributed by atoms with Gasteiger partial charge >= 0.3 is 0 Å². The van der Waals surface area contributed by atoms with Crippen LogP contribution in [0, 0.1) is 13.8 Å². The fourth-order valence-corrected chi connectivity index (χ4v) is 3.18. The lowest BCUT2D eigenvalue weighted by Crippen LogP contribution is -2.43. The molecule has 2 N–H and O–H groups in total. The van der Waals surface area contributed by atoms with Gasteiger partial charge in [0.1, 0.15) is 0 Å². The summed E-state index contributed by atoms with van der Waals surface area (Å²) in [6, 6.07) is 7.40. The molecule has 0 aliphatic carbocycles. The van der Waals surface area contributed by atoms with Crippen molar-refractivity contribution in [1.82, 2.24) is 15.2 Å². The third-order valence-electron chi connectivity index (χ3n) is 4.51. The lowest BCUT2D eigenvalue weighted by Gasteiger charge is -2.28. The molecule has 1 aliphatic rings. The molecule has 2 aromatic rings. The molecule has 1 saturated heterocycles. The molecule has 1 aromatic carbocycles. The second-order valence-corrected chi connectivity index (χ2v) is 6.84. The maximum absolute atomic E-state index is 12.5. The number of aryl methyl sites for hydroxylation is 1. The van der Waals surface area contributed by atoms with Gasteiger partial charge in [0.25, 0.3) is 5.91 Å². The highest BCUT2D eigenvalue weighted by Gasteiger charge is 2.15. The highest BCUT2D eigenvalue weighted by Crippen LogP contribution is 2.26. The number of carbonyl (C=O) groups excluding carboxylic acids is 1. The van der Waals surface area contributed by atoms with Crippen LogP contribution >= 0.6 is 11.6 Å². The van der Waals surface area contributed by atoms with Gasteiger partial charge in [-0.15, -0.1) is 0 Å². The maximum Gasteiger partial charge on any atom is 0.257 e. The number of nitrogens with zero attached hydrogens (tertiary/aromatic N) is 2. The second kappa shape index (κ2) is 7.95. The van der Waals surface area contributed by atoms with Crippen molar-refractivity contribution in [1.29, 1.82) is 0 Å². The van der Waals surface area contributed by atoms with Gasteiger partial charge in [-0.25, -0.2) is 0 Å². The Labute approximate surface area is 153 Å². The Hall–Kier alpha value is -1.95. The molecule has 0 radical (unpaired) electrons. The number of hydrogen-bond donors (Lipinski definition) is 2. The zero-order valence-corrected chi connectivity index (χ0v) is 15.4. The highest BCUT2D eigenvalue weighted by atomic mass is 35.5. The van der Waals surface area contributed by atoms with Crippen LogP contribution in [0.5, 0.6) is 0 Å². The normalized spacial score (nSPS) is 15.2. The van der Waals surface area contributed by atoms with Crippen LogP contribution < -0.4 is 10.6 Å². The van der Waals surface area contributed by atoms with Crippen molar-refractivity contribution in [2.75, 3.05) is 31.5 Å². The van der Waals surface area contributed by atoms with Crippen LogP contribution in [0.1, 0.15) is 27.2 Å². The van der Waals surface area contributed by atoms with E-state index in [4.69, 9.17) is 11.6 Å². The molecule has 132 valence electrons. The number of piperazine rings is 1. The fourth-order valence-electron chi connectivity index (χ4n) is 2.94. The number of rotatable bonds is 4. The van der Waals surface area contributed by atoms with Crippen molar-refractivity contribution in [2.24, 2.45) is 0 Å². The molecule has 1 aliphatic heterocycles. The first-order valence-corrected chi connectivity index (χ1v) is 8.87. The van der Waals surface area contributed by atoms with Gasteiger partial charge in [-0.2, -0.15) is 0 Å². The standard InChI is InChI=1S/C19H23ClN4O/c1-13-3-4-15(11-22-13)19(25)23-18-10-17(20)9-16(14(18)2)12-24-7-5-21-6-8-24/h3-4,9-11,21H,5-8,12H2,1-2H3,(H,23,25). The molecule has 0 spiro atoms. The first-order valence-electron chi connectivity index (χ1n) is 8.49. The summed E-state index contributed by atoms with van der Waals surface area (Å²) in [5.74, 6) is -0.175. The van der Waals surface area contributed by atoms with Gasteiger partial charge in [0.2, 0.25) is 0 Å². The smallest absolute Gasteiger partial charge is 0.257 e. The molecule has 6 heteroatoms. The number of amides is 1. The number of halogens is 1. The Morgan fingerprint density at radius 1 is 1.28 bits per heavy atom. The van der Waals surface area contributed by atoms with Crippen LogP contribution in [0.2, 0.25) is 5.02 Å². The Morgan fingerprint density at radius 2 is 2.04 bits per heavy atom. The van der Waals surface area contributed by atoms with E-state index in [9.17, 15) is 4.79 Å². The minimum absolute atomic E-state index is 0.175. The van der Waals surface area contributed by atoms with Crippen molar-refractivity contribution in [3.8, 4) is 0 Å².